The molecule has 0 fully saturated rings. The van der Waals surface area contributed by atoms with Crippen molar-refractivity contribution in [3.05, 3.63) is 101 Å². The van der Waals surface area contributed by atoms with E-state index >= 15 is 0 Å². The average molecular weight is 475 g/mol. The summed E-state index contributed by atoms with van der Waals surface area (Å²) in [6.07, 6.45) is 1.75. The Bertz CT molecular complexity index is 1250. The maximum atomic E-state index is 12.8. The SMILES string of the molecule is CC(C)c1ccc(/C=N/Nc2nc(-c3ccccc3)c(NC(=O)c3ccc(Cl)cc3)s2)cc1. The van der Waals surface area contributed by atoms with Gasteiger partial charge in [0.05, 0.1) is 6.21 Å². The fourth-order valence-corrected chi connectivity index (χ4v) is 4.11. The smallest absolute Gasteiger partial charge is 0.256 e. The first kappa shape index (κ1) is 22.7. The fraction of sp³-hybridized carbons (Fsp3) is 0.115. The third kappa shape index (κ3) is 5.86. The number of benzene rings is 3. The van der Waals surface area contributed by atoms with Crippen molar-refractivity contribution < 1.29 is 4.79 Å². The summed E-state index contributed by atoms with van der Waals surface area (Å²) < 4.78 is 0. The summed E-state index contributed by atoms with van der Waals surface area (Å²) in [5, 5.41) is 9.10. The third-order valence-corrected chi connectivity index (χ3v) is 6.11. The zero-order chi connectivity index (χ0) is 23.2. The van der Waals surface area contributed by atoms with E-state index in [1.54, 1.807) is 30.5 Å². The first-order valence-electron chi connectivity index (χ1n) is 10.5. The molecule has 7 heteroatoms. The Morgan fingerprint density at radius 3 is 2.36 bits per heavy atom. The van der Waals surface area contributed by atoms with Gasteiger partial charge < -0.3 is 5.32 Å². The molecule has 0 unspecified atom stereocenters. The van der Waals surface area contributed by atoms with E-state index in [0.29, 0.717) is 32.3 Å². The lowest BCUT2D eigenvalue weighted by Crippen LogP contribution is -2.11. The van der Waals surface area contributed by atoms with Crippen LogP contribution in [0.4, 0.5) is 10.1 Å². The van der Waals surface area contributed by atoms with Gasteiger partial charge >= 0.3 is 0 Å². The second-order valence-electron chi connectivity index (χ2n) is 7.72. The molecule has 1 aromatic heterocycles. The molecule has 33 heavy (non-hydrogen) atoms. The van der Waals surface area contributed by atoms with E-state index in [0.717, 1.165) is 11.1 Å². The topological polar surface area (TPSA) is 66.4 Å². The van der Waals surface area contributed by atoms with Crippen LogP contribution in [0.2, 0.25) is 5.02 Å². The van der Waals surface area contributed by atoms with Crippen molar-refractivity contribution in [1.29, 1.82) is 0 Å². The number of halogens is 1. The molecule has 5 nitrogen and oxygen atoms in total. The average Bonchev–Trinajstić information content (AvgIpc) is 3.22. The van der Waals surface area contributed by atoms with Crippen LogP contribution in [-0.4, -0.2) is 17.1 Å². The highest BCUT2D eigenvalue weighted by Crippen LogP contribution is 2.36. The lowest BCUT2D eigenvalue weighted by atomic mass is 10.0. The highest BCUT2D eigenvalue weighted by Gasteiger charge is 2.16. The van der Waals surface area contributed by atoms with Gasteiger partial charge in [-0.05, 0) is 41.3 Å². The van der Waals surface area contributed by atoms with E-state index in [-0.39, 0.29) is 5.91 Å². The Morgan fingerprint density at radius 1 is 1.00 bits per heavy atom. The van der Waals surface area contributed by atoms with Crippen molar-refractivity contribution in [2.24, 2.45) is 5.10 Å². The Hall–Kier alpha value is -3.48. The fourth-order valence-electron chi connectivity index (χ4n) is 3.15. The van der Waals surface area contributed by atoms with Gasteiger partial charge in [-0.2, -0.15) is 5.10 Å². The molecule has 0 atom stereocenters. The van der Waals surface area contributed by atoms with Crippen molar-refractivity contribution in [3.63, 3.8) is 0 Å². The molecule has 1 heterocycles. The molecule has 0 spiro atoms. The van der Waals surface area contributed by atoms with Gasteiger partial charge in [0.25, 0.3) is 5.91 Å². The summed E-state index contributed by atoms with van der Waals surface area (Å²) in [7, 11) is 0. The number of thiazole rings is 1. The largest absolute Gasteiger partial charge is 0.312 e. The number of carbonyl (C=O) groups excluding carboxylic acids is 1. The van der Waals surface area contributed by atoms with Crippen LogP contribution in [0.25, 0.3) is 11.3 Å². The Kier molecular flexibility index (Phi) is 7.17. The zero-order valence-corrected chi connectivity index (χ0v) is 19.8. The molecule has 0 saturated carbocycles. The predicted molar refractivity (Wildman–Crippen MR) is 139 cm³/mol. The van der Waals surface area contributed by atoms with Gasteiger partial charge in [-0.15, -0.1) is 0 Å². The summed E-state index contributed by atoms with van der Waals surface area (Å²) in [4.78, 5) is 17.4. The van der Waals surface area contributed by atoms with Gasteiger partial charge in [0.15, 0.2) is 0 Å². The molecule has 0 aliphatic rings. The van der Waals surface area contributed by atoms with E-state index in [1.807, 2.05) is 42.5 Å². The van der Waals surface area contributed by atoms with Crippen LogP contribution in [0.1, 0.15) is 41.3 Å². The van der Waals surface area contributed by atoms with Gasteiger partial charge in [0.1, 0.15) is 10.7 Å². The number of rotatable bonds is 7. The van der Waals surface area contributed by atoms with E-state index in [9.17, 15) is 4.79 Å². The van der Waals surface area contributed by atoms with Gasteiger partial charge in [-0.3, -0.25) is 10.2 Å². The second kappa shape index (κ2) is 10.4. The lowest BCUT2D eigenvalue weighted by Gasteiger charge is -2.05. The molecule has 3 aromatic carbocycles. The van der Waals surface area contributed by atoms with Crippen LogP contribution in [-0.2, 0) is 0 Å². The number of aromatic nitrogens is 1. The molecule has 0 radical (unpaired) electrons. The molecular formula is C26H23ClN4OS. The lowest BCUT2D eigenvalue weighted by molar-refractivity contribution is 0.102. The van der Waals surface area contributed by atoms with Crippen LogP contribution >= 0.6 is 22.9 Å². The van der Waals surface area contributed by atoms with E-state index in [1.165, 1.54) is 16.9 Å². The highest BCUT2D eigenvalue weighted by atomic mass is 35.5. The monoisotopic (exact) mass is 474 g/mol. The minimum Gasteiger partial charge on any atom is -0.312 e. The van der Waals surface area contributed by atoms with Crippen molar-refractivity contribution in [1.82, 2.24) is 4.98 Å². The number of carbonyl (C=O) groups is 1. The van der Waals surface area contributed by atoms with Crippen LogP contribution in [0.15, 0.2) is 84.0 Å². The Labute approximate surface area is 202 Å². The van der Waals surface area contributed by atoms with E-state index in [2.05, 4.69) is 46.8 Å². The number of nitrogens with one attached hydrogen (secondary N) is 2. The molecular weight excluding hydrogens is 452 g/mol. The maximum absolute atomic E-state index is 12.8. The van der Waals surface area contributed by atoms with Crippen LogP contribution in [0, 0.1) is 0 Å². The molecule has 0 bridgehead atoms. The number of anilines is 2. The molecule has 0 aliphatic carbocycles. The van der Waals surface area contributed by atoms with Crippen molar-refractivity contribution in [3.8, 4) is 11.3 Å². The Morgan fingerprint density at radius 2 is 1.70 bits per heavy atom. The number of hydrogen-bond acceptors (Lipinski definition) is 5. The van der Waals surface area contributed by atoms with Crippen molar-refractivity contribution in [2.75, 3.05) is 10.7 Å². The molecule has 1 amide bonds. The zero-order valence-electron chi connectivity index (χ0n) is 18.2. The molecule has 166 valence electrons. The predicted octanol–water partition coefficient (Wildman–Crippen LogP) is 7.29. The van der Waals surface area contributed by atoms with Crippen molar-refractivity contribution >= 4 is 45.2 Å². The summed E-state index contributed by atoms with van der Waals surface area (Å²) in [6, 6.07) is 24.8. The van der Waals surface area contributed by atoms with Gasteiger partial charge in [-0.1, -0.05) is 91.4 Å². The molecule has 0 saturated heterocycles. The first-order valence-corrected chi connectivity index (χ1v) is 11.7. The van der Waals surface area contributed by atoms with Crippen molar-refractivity contribution in [2.45, 2.75) is 19.8 Å². The summed E-state index contributed by atoms with van der Waals surface area (Å²) >= 11 is 7.27. The molecule has 2 N–H and O–H groups in total. The number of amides is 1. The maximum Gasteiger partial charge on any atom is 0.256 e. The number of nitrogens with zero attached hydrogens (tertiary/aromatic N) is 2. The Balaban J connectivity index is 1.54. The minimum atomic E-state index is -0.229. The quantitative estimate of drug-likeness (QED) is 0.218. The highest BCUT2D eigenvalue weighted by molar-refractivity contribution is 7.20. The summed E-state index contributed by atoms with van der Waals surface area (Å²) in [5.41, 5.74) is 7.37. The standard InChI is InChI=1S/C26H23ClN4OS/c1-17(2)19-10-8-18(9-11-19)16-28-31-26-29-23(20-6-4-3-5-7-20)25(33-26)30-24(32)21-12-14-22(27)15-13-21/h3-17H,1-2H3,(H,29,31)(H,30,32)/b28-16+. The van der Waals surface area contributed by atoms with Crippen LogP contribution in [0.5, 0.6) is 0 Å². The number of hydrogen-bond donors (Lipinski definition) is 2. The molecule has 4 aromatic rings. The van der Waals surface area contributed by atoms with Gasteiger partial charge in [-0.25, -0.2) is 4.98 Å². The second-order valence-corrected chi connectivity index (χ2v) is 9.15. The van der Waals surface area contributed by atoms with E-state index in [4.69, 9.17) is 11.6 Å². The van der Waals surface area contributed by atoms with Gasteiger partial charge in [0.2, 0.25) is 5.13 Å². The third-order valence-electron chi connectivity index (χ3n) is 4.98. The van der Waals surface area contributed by atoms with E-state index < -0.39 is 0 Å². The van der Waals surface area contributed by atoms with Crippen LogP contribution < -0.4 is 10.7 Å². The van der Waals surface area contributed by atoms with Gasteiger partial charge in [0, 0.05) is 16.1 Å². The summed E-state index contributed by atoms with van der Waals surface area (Å²) in [5.74, 6) is 0.259. The number of hydrazone groups is 1. The normalized spacial score (nSPS) is 11.2. The molecule has 0 aliphatic heterocycles. The first-order chi connectivity index (χ1) is 16.0. The molecule has 4 rings (SSSR count). The van der Waals surface area contributed by atoms with Crippen LogP contribution in [0.3, 0.4) is 0 Å². The minimum absolute atomic E-state index is 0.229. The summed E-state index contributed by atoms with van der Waals surface area (Å²) in [6.45, 7) is 4.33.